The van der Waals surface area contributed by atoms with Crippen molar-refractivity contribution in [1.29, 1.82) is 0 Å². The summed E-state index contributed by atoms with van der Waals surface area (Å²) in [4.78, 5) is 0. The number of rotatable bonds is 14. The van der Waals surface area contributed by atoms with Gasteiger partial charge in [0, 0.05) is 5.56 Å². The summed E-state index contributed by atoms with van der Waals surface area (Å²) >= 11 is 0. The summed E-state index contributed by atoms with van der Waals surface area (Å²) in [5.74, 6) is 0.173. The van der Waals surface area contributed by atoms with Crippen molar-refractivity contribution in [3.05, 3.63) is 35.4 Å². The van der Waals surface area contributed by atoms with Crippen molar-refractivity contribution < 1.29 is 5.21 Å². The Morgan fingerprint density at radius 2 is 1.25 bits per heavy atom. The third-order valence-corrected chi connectivity index (χ3v) is 4.68. The minimum absolute atomic E-state index is 0.173. The molecule has 0 atom stereocenters. The summed E-state index contributed by atoms with van der Waals surface area (Å²) < 4.78 is 0. The summed E-state index contributed by atoms with van der Waals surface area (Å²) in [6.07, 6.45) is 17.7. The minimum Gasteiger partial charge on any atom is -0.409 e. The second-order valence-corrected chi connectivity index (χ2v) is 6.82. The highest BCUT2D eigenvalue weighted by Crippen LogP contribution is 2.13. The molecule has 1 rings (SSSR count). The van der Waals surface area contributed by atoms with E-state index in [1.54, 1.807) is 0 Å². The van der Waals surface area contributed by atoms with Crippen molar-refractivity contribution in [3.8, 4) is 0 Å². The molecule has 0 radical (unpaired) electrons. The van der Waals surface area contributed by atoms with Gasteiger partial charge in [0.25, 0.3) is 0 Å². The highest BCUT2D eigenvalue weighted by Gasteiger charge is 1.99. The van der Waals surface area contributed by atoms with Crippen LogP contribution in [-0.2, 0) is 6.42 Å². The Morgan fingerprint density at radius 3 is 1.71 bits per heavy atom. The molecule has 24 heavy (non-hydrogen) atoms. The van der Waals surface area contributed by atoms with Gasteiger partial charge in [-0.3, -0.25) is 0 Å². The minimum atomic E-state index is 0.173. The topological polar surface area (TPSA) is 58.6 Å². The van der Waals surface area contributed by atoms with E-state index in [2.05, 4.69) is 24.2 Å². The van der Waals surface area contributed by atoms with Crippen molar-refractivity contribution >= 4 is 5.84 Å². The lowest BCUT2D eigenvalue weighted by molar-refractivity contribution is 0.318. The number of hydrogen-bond acceptors (Lipinski definition) is 2. The molecular weight excluding hydrogens is 296 g/mol. The quantitative estimate of drug-likeness (QED) is 0.144. The van der Waals surface area contributed by atoms with E-state index in [4.69, 9.17) is 10.9 Å². The Morgan fingerprint density at radius 1 is 0.792 bits per heavy atom. The van der Waals surface area contributed by atoms with Crippen LogP contribution in [0.1, 0.15) is 95.1 Å². The number of aryl methyl sites for hydroxylation is 1. The lowest BCUT2D eigenvalue weighted by atomic mass is 10.0. The average Bonchev–Trinajstić information content (AvgIpc) is 2.62. The number of oxime groups is 1. The summed E-state index contributed by atoms with van der Waals surface area (Å²) in [7, 11) is 0. The van der Waals surface area contributed by atoms with E-state index in [9.17, 15) is 0 Å². The molecule has 0 aliphatic carbocycles. The number of nitrogens with zero attached hydrogens (tertiary/aromatic N) is 1. The van der Waals surface area contributed by atoms with E-state index in [0.29, 0.717) is 0 Å². The van der Waals surface area contributed by atoms with Crippen molar-refractivity contribution in [2.75, 3.05) is 0 Å². The molecule has 0 fully saturated rings. The third-order valence-electron chi connectivity index (χ3n) is 4.68. The highest BCUT2D eigenvalue weighted by atomic mass is 16.4. The Hall–Kier alpha value is -1.51. The van der Waals surface area contributed by atoms with Gasteiger partial charge in [-0.1, -0.05) is 107 Å². The lowest BCUT2D eigenvalue weighted by Gasteiger charge is -2.04. The zero-order chi connectivity index (χ0) is 17.5. The molecule has 0 aliphatic heterocycles. The fourth-order valence-corrected chi connectivity index (χ4v) is 3.07. The maximum atomic E-state index is 8.65. The van der Waals surface area contributed by atoms with Crippen LogP contribution >= 0.6 is 0 Å². The van der Waals surface area contributed by atoms with Gasteiger partial charge in [-0.25, -0.2) is 0 Å². The van der Waals surface area contributed by atoms with Gasteiger partial charge in [0.05, 0.1) is 0 Å². The second kappa shape index (κ2) is 13.9. The molecule has 0 saturated heterocycles. The van der Waals surface area contributed by atoms with Crippen molar-refractivity contribution in [1.82, 2.24) is 0 Å². The summed E-state index contributed by atoms with van der Waals surface area (Å²) in [6, 6.07) is 7.99. The average molecular weight is 333 g/mol. The molecule has 0 aromatic heterocycles. The molecule has 0 heterocycles. The first-order chi connectivity index (χ1) is 11.8. The van der Waals surface area contributed by atoms with Crippen LogP contribution in [0.3, 0.4) is 0 Å². The standard InChI is InChI=1S/C21H36N2O/c1-2-3-4-5-6-7-8-9-10-11-12-13-14-19-15-17-20(18-16-19)21(22)23-24/h15-18,24H,2-14H2,1H3,(H2,22,23). The molecule has 0 saturated carbocycles. The Bertz CT molecular complexity index is 440. The van der Waals surface area contributed by atoms with Crippen LogP contribution in [0.15, 0.2) is 29.4 Å². The first-order valence-electron chi connectivity index (χ1n) is 9.84. The fourth-order valence-electron chi connectivity index (χ4n) is 3.07. The maximum absolute atomic E-state index is 8.65. The fraction of sp³-hybridized carbons (Fsp3) is 0.667. The third kappa shape index (κ3) is 9.59. The van der Waals surface area contributed by atoms with Crippen molar-refractivity contribution in [2.24, 2.45) is 10.9 Å². The van der Waals surface area contributed by atoms with Crippen LogP contribution in [0.5, 0.6) is 0 Å². The zero-order valence-electron chi connectivity index (χ0n) is 15.5. The van der Waals surface area contributed by atoms with E-state index < -0.39 is 0 Å². The van der Waals surface area contributed by atoms with Gasteiger partial charge in [0.2, 0.25) is 0 Å². The molecule has 136 valence electrons. The molecule has 1 aromatic rings. The van der Waals surface area contributed by atoms with Crippen LogP contribution in [0.4, 0.5) is 0 Å². The highest BCUT2D eigenvalue weighted by molar-refractivity contribution is 5.96. The normalized spacial score (nSPS) is 11.8. The Labute approximate surface area is 148 Å². The molecule has 3 heteroatoms. The van der Waals surface area contributed by atoms with Crippen LogP contribution in [0.25, 0.3) is 0 Å². The van der Waals surface area contributed by atoms with Crippen LogP contribution in [0, 0.1) is 0 Å². The molecular formula is C21H36N2O. The van der Waals surface area contributed by atoms with Gasteiger partial charge < -0.3 is 10.9 Å². The van der Waals surface area contributed by atoms with Gasteiger partial charge in [0.15, 0.2) is 5.84 Å². The molecule has 1 aromatic carbocycles. The molecule has 0 bridgehead atoms. The van der Waals surface area contributed by atoms with E-state index in [-0.39, 0.29) is 5.84 Å². The van der Waals surface area contributed by atoms with Gasteiger partial charge in [-0.2, -0.15) is 0 Å². The van der Waals surface area contributed by atoms with Crippen molar-refractivity contribution in [3.63, 3.8) is 0 Å². The lowest BCUT2D eigenvalue weighted by Crippen LogP contribution is -2.12. The summed E-state index contributed by atoms with van der Waals surface area (Å²) in [5.41, 5.74) is 7.67. The van der Waals surface area contributed by atoms with Crippen LogP contribution in [-0.4, -0.2) is 11.0 Å². The van der Waals surface area contributed by atoms with Gasteiger partial charge in [-0.15, -0.1) is 0 Å². The van der Waals surface area contributed by atoms with E-state index in [0.717, 1.165) is 12.0 Å². The monoisotopic (exact) mass is 332 g/mol. The molecule has 3 nitrogen and oxygen atoms in total. The molecule has 0 spiro atoms. The second-order valence-electron chi connectivity index (χ2n) is 6.82. The Kier molecular flexibility index (Phi) is 11.9. The molecule has 0 aliphatic rings. The van der Waals surface area contributed by atoms with Gasteiger partial charge >= 0.3 is 0 Å². The largest absolute Gasteiger partial charge is 0.409 e. The first-order valence-corrected chi connectivity index (χ1v) is 9.84. The number of nitrogens with two attached hydrogens (primary N) is 1. The van der Waals surface area contributed by atoms with Crippen LogP contribution < -0.4 is 5.73 Å². The molecule has 3 N–H and O–H groups in total. The number of hydrogen-bond donors (Lipinski definition) is 2. The maximum Gasteiger partial charge on any atom is 0.170 e. The SMILES string of the molecule is CCCCCCCCCCCCCCc1ccc(/C(N)=N/O)cc1. The number of unbranched alkanes of at least 4 members (excludes halogenated alkanes) is 11. The predicted molar refractivity (Wildman–Crippen MR) is 104 cm³/mol. The van der Waals surface area contributed by atoms with E-state index in [1.807, 2.05) is 12.1 Å². The van der Waals surface area contributed by atoms with Gasteiger partial charge in [0.1, 0.15) is 0 Å². The number of amidine groups is 1. The Balaban J connectivity index is 1.95. The number of benzene rings is 1. The van der Waals surface area contributed by atoms with E-state index in [1.165, 1.54) is 82.6 Å². The van der Waals surface area contributed by atoms with Gasteiger partial charge in [-0.05, 0) is 18.4 Å². The zero-order valence-corrected chi connectivity index (χ0v) is 15.5. The predicted octanol–water partition coefficient (Wildman–Crippen LogP) is 6.02. The van der Waals surface area contributed by atoms with Crippen molar-refractivity contribution in [2.45, 2.75) is 90.4 Å². The van der Waals surface area contributed by atoms with Crippen LogP contribution in [0.2, 0.25) is 0 Å². The van der Waals surface area contributed by atoms with E-state index >= 15 is 0 Å². The molecule has 0 amide bonds. The summed E-state index contributed by atoms with van der Waals surface area (Å²) in [5, 5.41) is 11.7. The smallest absolute Gasteiger partial charge is 0.170 e. The first kappa shape index (κ1) is 20.5. The molecule has 0 unspecified atom stereocenters. The summed E-state index contributed by atoms with van der Waals surface area (Å²) in [6.45, 7) is 2.27.